The van der Waals surface area contributed by atoms with Crippen LogP contribution in [0.2, 0.25) is 0 Å². The van der Waals surface area contributed by atoms with Crippen LogP contribution in [0.4, 0.5) is 18.9 Å². The number of carbonyl (C=O) groups excluding carboxylic acids is 2. The summed E-state index contributed by atoms with van der Waals surface area (Å²) in [6, 6.07) is 10.5. The van der Waals surface area contributed by atoms with E-state index in [1.807, 2.05) is 20.9 Å². The minimum atomic E-state index is -4.48. The Morgan fingerprint density at radius 2 is 1.83 bits per heavy atom. The molecule has 0 saturated carbocycles. The molecule has 0 aromatic heterocycles. The average Bonchev–Trinajstić information content (AvgIpc) is 3.01. The number of aromatic carboxylic acids is 1. The van der Waals surface area contributed by atoms with E-state index in [0.717, 1.165) is 18.4 Å². The van der Waals surface area contributed by atoms with Crippen molar-refractivity contribution >= 4 is 23.5 Å². The summed E-state index contributed by atoms with van der Waals surface area (Å²) in [5, 5.41) is 21.8. The zero-order valence-corrected chi connectivity index (χ0v) is 27.4. The number of aliphatic hydroxyl groups is 1. The fourth-order valence-corrected chi connectivity index (χ4v) is 5.38. The fourth-order valence-electron chi connectivity index (χ4n) is 5.38. The Kier molecular flexibility index (Phi) is 14.0. The molecule has 13 heteroatoms. The first-order chi connectivity index (χ1) is 22.2. The Morgan fingerprint density at radius 1 is 1.13 bits per heavy atom. The van der Waals surface area contributed by atoms with Gasteiger partial charge in [-0.15, -0.1) is 0 Å². The minimum Gasteiger partial charge on any atom is -0.490 e. The van der Waals surface area contributed by atoms with Crippen molar-refractivity contribution in [1.29, 1.82) is 0 Å². The molecule has 10 nitrogen and oxygen atoms in total. The third-order valence-corrected chi connectivity index (χ3v) is 8.12. The van der Waals surface area contributed by atoms with Crippen molar-refractivity contribution in [1.82, 2.24) is 9.80 Å². The number of nitrogens with zero attached hydrogens (tertiary/aromatic N) is 2. The molecule has 0 unspecified atom stereocenters. The molecule has 0 fully saturated rings. The molecule has 0 aliphatic carbocycles. The summed E-state index contributed by atoms with van der Waals surface area (Å²) in [6.45, 7) is 7.00. The number of aliphatic hydroxyl groups excluding tert-OH is 1. The zero-order chi connectivity index (χ0) is 34.7. The maximum Gasteiger partial charge on any atom is 0.389 e. The van der Waals surface area contributed by atoms with Gasteiger partial charge in [0.1, 0.15) is 5.75 Å². The van der Waals surface area contributed by atoms with Crippen molar-refractivity contribution in [2.24, 2.45) is 5.92 Å². The number of alkyl halides is 3. The maximum atomic E-state index is 14.2. The Morgan fingerprint density at radius 3 is 2.47 bits per heavy atom. The number of fused-ring (bicyclic) bond motifs is 1. The highest BCUT2D eigenvalue weighted by Crippen LogP contribution is 2.29. The third-order valence-electron chi connectivity index (χ3n) is 8.12. The molecule has 0 bridgehead atoms. The summed E-state index contributed by atoms with van der Waals surface area (Å²) in [5.41, 5.74) is 1.42. The van der Waals surface area contributed by atoms with Crippen LogP contribution in [0.5, 0.6) is 5.75 Å². The third kappa shape index (κ3) is 12.1. The number of hydrogen-bond acceptors (Lipinski definition) is 7. The SMILES string of the molecule is C[C@H]1CCCCO[C@@H](CN(C)Cc2ccc(C(=O)O)cc2)[C@@H](C)CN([C@@H](C)CO)C(=O)c2cc(NC(=O)CCC(F)(F)F)ccc2O1. The molecule has 47 heavy (non-hydrogen) atoms. The monoisotopic (exact) mass is 665 g/mol. The number of halogens is 3. The largest absolute Gasteiger partial charge is 0.490 e. The first-order valence-electron chi connectivity index (χ1n) is 15.9. The molecule has 0 spiro atoms. The number of nitrogens with one attached hydrogen (secondary N) is 1. The Bertz CT molecular complexity index is 1340. The first-order valence-corrected chi connectivity index (χ1v) is 15.9. The predicted molar refractivity (Wildman–Crippen MR) is 171 cm³/mol. The van der Waals surface area contributed by atoms with E-state index < -0.39 is 42.8 Å². The van der Waals surface area contributed by atoms with Crippen molar-refractivity contribution in [2.75, 3.05) is 38.7 Å². The number of anilines is 1. The lowest BCUT2D eigenvalue weighted by atomic mass is 10.0. The van der Waals surface area contributed by atoms with Crippen molar-refractivity contribution < 1.29 is 47.2 Å². The van der Waals surface area contributed by atoms with Gasteiger partial charge >= 0.3 is 12.1 Å². The molecule has 2 aromatic carbocycles. The van der Waals surface area contributed by atoms with Crippen molar-refractivity contribution in [3.05, 3.63) is 59.2 Å². The van der Waals surface area contributed by atoms with Crippen LogP contribution in [0.25, 0.3) is 0 Å². The van der Waals surface area contributed by atoms with Gasteiger partial charge in [0.15, 0.2) is 0 Å². The van der Waals surface area contributed by atoms with Crippen LogP contribution in [0.1, 0.15) is 79.2 Å². The number of carboxylic acids is 1. The van der Waals surface area contributed by atoms with Crippen LogP contribution in [0.15, 0.2) is 42.5 Å². The van der Waals surface area contributed by atoms with E-state index in [-0.39, 0.29) is 53.8 Å². The van der Waals surface area contributed by atoms with Gasteiger partial charge in [-0.25, -0.2) is 4.79 Å². The number of benzene rings is 2. The van der Waals surface area contributed by atoms with Gasteiger partial charge in [-0.05, 0) is 76.1 Å². The van der Waals surface area contributed by atoms with Crippen molar-refractivity contribution in [3.63, 3.8) is 0 Å². The van der Waals surface area contributed by atoms with E-state index in [4.69, 9.17) is 9.47 Å². The van der Waals surface area contributed by atoms with E-state index in [2.05, 4.69) is 10.2 Å². The number of rotatable bonds is 10. The smallest absolute Gasteiger partial charge is 0.389 e. The predicted octanol–water partition coefficient (Wildman–Crippen LogP) is 5.59. The number of carboxylic acid groups (broad SMARTS) is 1. The average molecular weight is 666 g/mol. The quantitative estimate of drug-likeness (QED) is 0.300. The molecule has 4 atom stereocenters. The molecule has 260 valence electrons. The van der Waals surface area contributed by atoms with Crippen LogP contribution < -0.4 is 10.1 Å². The molecule has 2 aromatic rings. The highest BCUT2D eigenvalue weighted by Gasteiger charge is 2.31. The zero-order valence-electron chi connectivity index (χ0n) is 27.4. The molecule has 1 heterocycles. The van der Waals surface area contributed by atoms with Gasteiger partial charge in [-0.3, -0.25) is 14.5 Å². The number of hydrogen-bond donors (Lipinski definition) is 3. The van der Waals surface area contributed by atoms with Crippen LogP contribution in [-0.4, -0.2) is 95.6 Å². The van der Waals surface area contributed by atoms with Gasteiger partial charge in [-0.1, -0.05) is 19.1 Å². The molecular weight excluding hydrogens is 619 g/mol. The minimum absolute atomic E-state index is 0.120. The lowest BCUT2D eigenvalue weighted by Gasteiger charge is -2.36. The summed E-state index contributed by atoms with van der Waals surface area (Å²) >= 11 is 0. The second-order valence-corrected chi connectivity index (χ2v) is 12.4. The van der Waals surface area contributed by atoms with Gasteiger partial charge in [0.25, 0.3) is 5.91 Å². The Balaban J connectivity index is 1.87. The van der Waals surface area contributed by atoms with Gasteiger partial charge in [-0.2, -0.15) is 13.2 Å². The lowest BCUT2D eigenvalue weighted by molar-refractivity contribution is -0.142. The second kappa shape index (κ2) is 17.5. The lowest BCUT2D eigenvalue weighted by Crippen LogP contribution is -2.47. The summed E-state index contributed by atoms with van der Waals surface area (Å²) in [7, 11) is 1.94. The van der Waals surface area contributed by atoms with Crippen LogP contribution in [0, 0.1) is 5.92 Å². The Hall–Kier alpha value is -3.68. The molecule has 0 radical (unpaired) electrons. The number of ether oxygens (including phenoxy) is 2. The molecular formula is C34H46F3N3O7. The molecule has 1 aliphatic heterocycles. The van der Waals surface area contributed by atoms with Crippen molar-refractivity contribution in [2.45, 2.75) is 83.8 Å². The molecule has 3 rings (SSSR count). The fraction of sp³-hybridized carbons (Fsp3) is 0.559. The summed E-state index contributed by atoms with van der Waals surface area (Å²) in [4.78, 5) is 41.3. The van der Waals surface area contributed by atoms with E-state index in [0.29, 0.717) is 26.1 Å². The van der Waals surface area contributed by atoms with Gasteiger partial charge < -0.3 is 29.9 Å². The normalized spacial score (nSPS) is 20.6. The number of amides is 2. The topological polar surface area (TPSA) is 129 Å². The van der Waals surface area contributed by atoms with Gasteiger partial charge in [0.05, 0.1) is 42.4 Å². The first kappa shape index (κ1) is 37.8. The van der Waals surface area contributed by atoms with Crippen LogP contribution in [0.3, 0.4) is 0 Å². The van der Waals surface area contributed by atoms with Crippen LogP contribution >= 0.6 is 0 Å². The summed E-state index contributed by atoms with van der Waals surface area (Å²) in [6.07, 6.45) is -4.80. The molecule has 3 N–H and O–H groups in total. The Labute approximate surface area is 273 Å². The molecule has 1 aliphatic rings. The molecule has 2 amide bonds. The van der Waals surface area contributed by atoms with Gasteiger partial charge in [0.2, 0.25) is 5.91 Å². The number of carbonyl (C=O) groups is 3. The molecule has 0 saturated heterocycles. The second-order valence-electron chi connectivity index (χ2n) is 12.4. The highest BCUT2D eigenvalue weighted by atomic mass is 19.4. The highest BCUT2D eigenvalue weighted by molar-refractivity contribution is 5.99. The maximum absolute atomic E-state index is 14.2. The summed E-state index contributed by atoms with van der Waals surface area (Å²) < 4.78 is 50.5. The summed E-state index contributed by atoms with van der Waals surface area (Å²) in [5.74, 6) is -2.21. The number of likely N-dealkylation sites (N-methyl/N-ethyl adjacent to an activating group) is 1. The van der Waals surface area contributed by atoms with E-state index in [9.17, 15) is 37.8 Å². The van der Waals surface area contributed by atoms with E-state index in [1.165, 1.54) is 23.1 Å². The van der Waals surface area contributed by atoms with Crippen molar-refractivity contribution in [3.8, 4) is 5.75 Å². The van der Waals surface area contributed by atoms with Crippen LogP contribution in [-0.2, 0) is 16.1 Å². The van der Waals surface area contributed by atoms with E-state index >= 15 is 0 Å². The standard InChI is InChI=1S/C34H46F3N3O7/c1-22-18-40(23(2)21-41)32(43)28-17-27(38-31(42)14-15-34(35,36)37)12-13-29(28)47-24(3)7-5-6-16-46-30(22)20-39(4)19-25-8-10-26(11-9-25)33(44)45/h8-13,17,22-24,30,41H,5-7,14-16,18-21H2,1-4H3,(H,38,42)(H,44,45)/t22-,23-,24-,30-/m0/s1. The van der Waals surface area contributed by atoms with E-state index in [1.54, 1.807) is 31.2 Å². The van der Waals surface area contributed by atoms with Gasteiger partial charge in [0, 0.05) is 44.3 Å².